The summed E-state index contributed by atoms with van der Waals surface area (Å²) in [6, 6.07) is 5.46. The van der Waals surface area contributed by atoms with Gasteiger partial charge < -0.3 is 9.47 Å². The molecule has 0 unspecified atom stereocenters. The van der Waals surface area contributed by atoms with E-state index in [9.17, 15) is 9.59 Å². The molecule has 0 saturated carbocycles. The summed E-state index contributed by atoms with van der Waals surface area (Å²) in [5, 5.41) is 0.871. The zero-order valence-corrected chi connectivity index (χ0v) is 19.1. The standard InChI is InChI=1S/C22H28BrNO4/c1-13-10-16-15(9-8-14(11-25)24-16)19(23)18(13)17(28-22(5,6)7)12-27-20(26)21(2,3)4/h8-11,17H,12H2,1-7H3/t17-/m1/s1. The van der Waals surface area contributed by atoms with E-state index in [4.69, 9.17) is 9.47 Å². The van der Waals surface area contributed by atoms with Gasteiger partial charge in [0, 0.05) is 15.4 Å². The highest BCUT2D eigenvalue weighted by molar-refractivity contribution is 9.10. The average molecular weight is 450 g/mol. The summed E-state index contributed by atoms with van der Waals surface area (Å²) < 4.78 is 12.7. The Morgan fingerprint density at radius 3 is 2.39 bits per heavy atom. The summed E-state index contributed by atoms with van der Waals surface area (Å²) in [7, 11) is 0. The molecule has 28 heavy (non-hydrogen) atoms. The quantitative estimate of drug-likeness (QED) is 0.441. The Kier molecular flexibility index (Phi) is 6.66. The molecular formula is C22H28BrNO4. The maximum Gasteiger partial charge on any atom is 0.311 e. The molecule has 2 rings (SSSR count). The number of aldehydes is 1. The van der Waals surface area contributed by atoms with Crippen molar-refractivity contribution in [2.24, 2.45) is 5.41 Å². The molecule has 0 N–H and O–H groups in total. The first kappa shape index (κ1) is 22.5. The van der Waals surface area contributed by atoms with Crippen molar-refractivity contribution >= 4 is 39.1 Å². The molecule has 0 aliphatic rings. The number of carbonyl (C=O) groups is 2. The van der Waals surface area contributed by atoms with Crippen molar-refractivity contribution < 1.29 is 19.1 Å². The van der Waals surface area contributed by atoms with E-state index < -0.39 is 17.1 Å². The van der Waals surface area contributed by atoms with E-state index in [2.05, 4.69) is 20.9 Å². The van der Waals surface area contributed by atoms with Gasteiger partial charge in [0.1, 0.15) is 18.4 Å². The van der Waals surface area contributed by atoms with Gasteiger partial charge in [0.05, 0.1) is 16.5 Å². The Labute approximate surface area is 174 Å². The lowest BCUT2D eigenvalue weighted by Crippen LogP contribution is -2.30. The maximum absolute atomic E-state index is 12.3. The molecule has 2 aromatic rings. The molecule has 6 heteroatoms. The minimum atomic E-state index is -0.586. The van der Waals surface area contributed by atoms with Gasteiger partial charge in [-0.05, 0) is 88.2 Å². The summed E-state index contributed by atoms with van der Waals surface area (Å²) in [5.41, 5.74) is 1.93. The summed E-state index contributed by atoms with van der Waals surface area (Å²) in [4.78, 5) is 27.7. The molecule has 0 fully saturated rings. The second kappa shape index (κ2) is 8.29. The number of halogens is 1. The minimum absolute atomic E-state index is 0.109. The smallest absolute Gasteiger partial charge is 0.311 e. The Morgan fingerprint density at radius 1 is 1.21 bits per heavy atom. The van der Waals surface area contributed by atoms with Crippen LogP contribution >= 0.6 is 15.9 Å². The van der Waals surface area contributed by atoms with Crippen LogP contribution in [0.1, 0.15) is 69.3 Å². The first-order valence-electron chi connectivity index (χ1n) is 9.23. The van der Waals surface area contributed by atoms with Gasteiger partial charge in [0.25, 0.3) is 0 Å². The molecule has 1 aromatic carbocycles. The molecule has 0 spiro atoms. The van der Waals surface area contributed by atoms with Crippen molar-refractivity contribution in [1.82, 2.24) is 4.98 Å². The number of esters is 1. The SMILES string of the molecule is Cc1cc2nc(C=O)ccc2c(Br)c1[C@@H](COC(=O)C(C)(C)C)OC(C)(C)C. The summed E-state index contributed by atoms with van der Waals surface area (Å²) in [5.74, 6) is -0.276. The van der Waals surface area contributed by atoms with Crippen molar-refractivity contribution in [2.75, 3.05) is 6.61 Å². The average Bonchev–Trinajstić information content (AvgIpc) is 2.56. The number of hydrogen-bond acceptors (Lipinski definition) is 5. The molecule has 1 heterocycles. The van der Waals surface area contributed by atoms with E-state index in [0.29, 0.717) is 5.69 Å². The number of hydrogen-bond donors (Lipinski definition) is 0. The summed E-state index contributed by atoms with van der Waals surface area (Å²) >= 11 is 3.69. The van der Waals surface area contributed by atoms with Gasteiger partial charge >= 0.3 is 5.97 Å². The number of pyridine rings is 1. The molecule has 0 saturated heterocycles. The number of benzene rings is 1. The van der Waals surface area contributed by atoms with Crippen LogP contribution in [0.5, 0.6) is 0 Å². The van der Waals surface area contributed by atoms with Gasteiger partial charge in [-0.2, -0.15) is 0 Å². The molecular weight excluding hydrogens is 422 g/mol. The first-order chi connectivity index (χ1) is 12.8. The van der Waals surface area contributed by atoms with Gasteiger partial charge in [-0.1, -0.05) is 0 Å². The first-order valence-corrected chi connectivity index (χ1v) is 10.0. The van der Waals surface area contributed by atoms with Crippen LogP contribution in [-0.4, -0.2) is 29.4 Å². The molecule has 152 valence electrons. The number of ether oxygens (including phenoxy) is 2. The second-order valence-corrected chi connectivity index (χ2v) is 9.70. The van der Waals surface area contributed by atoms with Crippen molar-refractivity contribution in [1.29, 1.82) is 0 Å². The van der Waals surface area contributed by atoms with E-state index in [1.54, 1.807) is 6.07 Å². The van der Waals surface area contributed by atoms with Crippen molar-refractivity contribution in [2.45, 2.75) is 60.2 Å². The van der Waals surface area contributed by atoms with Gasteiger partial charge in [0.15, 0.2) is 6.29 Å². The van der Waals surface area contributed by atoms with E-state index in [0.717, 1.165) is 32.8 Å². The Balaban J connectivity index is 2.50. The van der Waals surface area contributed by atoms with Crippen molar-refractivity contribution in [3.05, 3.63) is 39.5 Å². The molecule has 0 aliphatic carbocycles. The van der Waals surface area contributed by atoms with E-state index >= 15 is 0 Å². The fraction of sp³-hybridized carbons (Fsp3) is 0.500. The Hall–Kier alpha value is -1.79. The molecule has 0 bridgehead atoms. The number of aromatic nitrogens is 1. The number of carbonyl (C=O) groups excluding carboxylic acids is 2. The van der Waals surface area contributed by atoms with Crippen LogP contribution in [0.15, 0.2) is 22.7 Å². The largest absolute Gasteiger partial charge is 0.462 e. The van der Waals surface area contributed by atoms with Crippen LogP contribution in [0.25, 0.3) is 10.9 Å². The topological polar surface area (TPSA) is 65.5 Å². The number of aryl methyl sites for hydroxylation is 1. The Bertz CT molecular complexity index is 894. The lowest BCUT2D eigenvalue weighted by molar-refractivity contribution is -0.162. The normalized spacial score (nSPS) is 13.4. The van der Waals surface area contributed by atoms with E-state index in [1.807, 2.05) is 60.6 Å². The predicted molar refractivity (Wildman–Crippen MR) is 114 cm³/mol. The highest BCUT2D eigenvalue weighted by Crippen LogP contribution is 2.37. The zero-order chi connectivity index (χ0) is 21.3. The predicted octanol–water partition coefficient (Wildman–Crippen LogP) is 5.56. The molecule has 5 nitrogen and oxygen atoms in total. The number of nitrogens with zero attached hydrogens (tertiary/aromatic N) is 1. The van der Waals surface area contributed by atoms with Crippen molar-refractivity contribution in [3.63, 3.8) is 0 Å². The third-order valence-corrected chi connectivity index (χ3v) is 4.97. The van der Waals surface area contributed by atoms with Crippen LogP contribution in [-0.2, 0) is 14.3 Å². The zero-order valence-electron chi connectivity index (χ0n) is 17.6. The van der Waals surface area contributed by atoms with E-state index in [1.165, 1.54) is 0 Å². The second-order valence-electron chi connectivity index (χ2n) is 8.91. The fourth-order valence-electron chi connectivity index (χ4n) is 2.82. The van der Waals surface area contributed by atoms with Crippen LogP contribution < -0.4 is 0 Å². The molecule has 0 amide bonds. The van der Waals surface area contributed by atoms with Gasteiger partial charge in [-0.25, -0.2) is 4.98 Å². The van der Waals surface area contributed by atoms with E-state index in [-0.39, 0.29) is 12.6 Å². The fourth-order valence-corrected chi connectivity index (χ4v) is 3.72. The highest BCUT2D eigenvalue weighted by atomic mass is 79.9. The van der Waals surface area contributed by atoms with Gasteiger partial charge in [-0.15, -0.1) is 0 Å². The van der Waals surface area contributed by atoms with Crippen LogP contribution in [0.2, 0.25) is 0 Å². The third-order valence-electron chi connectivity index (χ3n) is 4.11. The maximum atomic E-state index is 12.3. The molecule has 0 aliphatic heterocycles. The molecule has 1 atom stereocenters. The highest BCUT2D eigenvalue weighted by Gasteiger charge is 2.29. The van der Waals surface area contributed by atoms with Gasteiger partial charge in [0.2, 0.25) is 0 Å². The minimum Gasteiger partial charge on any atom is -0.462 e. The van der Waals surface area contributed by atoms with Crippen LogP contribution in [0.4, 0.5) is 0 Å². The third kappa shape index (κ3) is 5.39. The van der Waals surface area contributed by atoms with Crippen LogP contribution in [0.3, 0.4) is 0 Å². The molecule has 0 radical (unpaired) electrons. The van der Waals surface area contributed by atoms with Gasteiger partial charge in [-0.3, -0.25) is 9.59 Å². The van der Waals surface area contributed by atoms with Crippen molar-refractivity contribution in [3.8, 4) is 0 Å². The lowest BCUT2D eigenvalue weighted by atomic mass is 9.97. The Morgan fingerprint density at radius 2 is 1.86 bits per heavy atom. The number of fused-ring (bicyclic) bond motifs is 1. The molecule has 1 aromatic heterocycles. The number of rotatable bonds is 5. The lowest BCUT2D eigenvalue weighted by Gasteiger charge is -2.30. The van der Waals surface area contributed by atoms with Crippen LogP contribution in [0, 0.1) is 12.3 Å². The summed E-state index contributed by atoms with van der Waals surface area (Å²) in [6.45, 7) is 13.4. The monoisotopic (exact) mass is 449 g/mol. The summed E-state index contributed by atoms with van der Waals surface area (Å²) in [6.07, 6.45) is 0.282.